The zero-order valence-corrected chi connectivity index (χ0v) is 20.9. The van der Waals surface area contributed by atoms with Gasteiger partial charge in [-0.05, 0) is 61.2 Å². The van der Waals surface area contributed by atoms with Gasteiger partial charge in [0, 0.05) is 42.6 Å². The molecule has 1 saturated carbocycles. The molecular weight excluding hydrogens is 491 g/mol. The summed E-state index contributed by atoms with van der Waals surface area (Å²) in [6, 6.07) is 13.7. The van der Waals surface area contributed by atoms with Gasteiger partial charge in [0.2, 0.25) is 0 Å². The number of hydrogen-bond donors (Lipinski definition) is 1. The van der Waals surface area contributed by atoms with Gasteiger partial charge in [0.1, 0.15) is 5.82 Å². The van der Waals surface area contributed by atoms with Crippen LogP contribution in [-0.4, -0.2) is 29.9 Å². The van der Waals surface area contributed by atoms with Gasteiger partial charge in [-0.25, -0.2) is 14.4 Å². The second kappa shape index (κ2) is 9.44. The van der Waals surface area contributed by atoms with Crippen LogP contribution in [-0.2, 0) is 13.6 Å². The Morgan fingerprint density at radius 1 is 1.14 bits per heavy atom. The first-order valence-corrected chi connectivity index (χ1v) is 12.5. The topological polar surface area (TPSA) is 77.1 Å². The number of benzene rings is 2. The van der Waals surface area contributed by atoms with Crippen molar-refractivity contribution in [3.8, 4) is 22.5 Å². The van der Waals surface area contributed by atoms with Crippen molar-refractivity contribution in [1.82, 2.24) is 24.1 Å². The molecule has 1 aliphatic rings. The molecule has 2 aromatic carbocycles. The number of aryl methyl sites for hydroxylation is 1. The lowest BCUT2D eigenvalue weighted by molar-refractivity contribution is 0.0976. The van der Waals surface area contributed by atoms with Crippen molar-refractivity contribution in [3.63, 3.8) is 0 Å². The fourth-order valence-electron chi connectivity index (χ4n) is 4.42. The largest absolute Gasteiger partial charge is 0.361 e. The summed E-state index contributed by atoms with van der Waals surface area (Å²) < 4.78 is 17.3. The number of halogens is 2. The third kappa shape index (κ3) is 4.72. The van der Waals surface area contributed by atoms with Crippen molar-refractivity contribution >= 4 is 28.8 Å². The molecule has 0 bridgehead atoms. The van der Waals surface area contributed by atoms with Crippen LogP contribution in [0.2, 0.25) is 5.02 Å². The van der Waals surface area contributed by atoms with E-state index < -0.39 is 0 Å². The quantitative estimate of drug-likeness (QED) is 0.250. The molecule has 1 aliphatic carbocycles. The second-order valence-electron chi connectivity index (χ2n) is 9.38. The average molecular weight is 515 g/mol. The van der Waals surface area contributed by atoms with Crippen LogP contribution in [0.5, 0.6) is 0 Å². The number of imidazole rings is 1. The van der Waals surface area contributed by atoms with E-state index in [1.54, 1.807) is 35.3 Å². The zero-order valence-electron chi connectivity index (χ0n) is 20.2. The first kappa shape index (κ1) is 23.4. The lowest BCUT2D eigenvalue weighted by Gasteiger charge is -2.12. The molecule has 1 N–H and O–H groups in total. The van der Waals surface area contributed by atoms with E-state index in [4.69, 9.17) is 16.6 Å². The molecule has 186 valence electrons. The van der Waals surface area contributed by atoms with Crippen molar-refractivity contribution in [2.45, 2.75) is 25.8 Å². The Hall–Kier alpha value is -4.04. The molecule has 37 heavy (non-hydrogen) atoms. The molecular formula is C28H24ClFN6O. The summed E-state index contributed by atoms with van der Waals surface area (Å²) in [5.41, 5.74) is 5.22. The molecule has 7 nitrogen and oxygen atoms in total. The highest BCUT2D eigenvalue weighted by molar-refractivity contribution is 6.34. The first-order valence-electron chi connectivity index (χ1n) is 12.1. The van der Waals surface area contributed by atoms with Crippen molar-refractivity contribution in [3.05, 3.63) is 89.2 Å². The highest BCUT2D eigenvalue weighted by atomic mass is 35.5. The zero-order chi connectivity index (χ0) is 25.5. The van der Waals surface area contributed by atoms with Gasteiger partial charge in [-0.3, -0.25) is 13.9 Å². The molecule has 0 saturated heterocycles. The number of hydrogen-bond acceptors (Lipinski definition) is 5. The van der Waals surface area contributed by atoms with Crippen LogP contribution in [0.4, 0.5) is 10.2 Å². The van der Waals surface area contributed by atoms with E-state index in [0.29, 0.717) is 46.6 Å². The maximum Gasteiger partial charge on any atom is 0.180 e. The number of fused-ring (bicyclic) bond motifs is 1. The Labute approximate surface area is 217 Å². The monoisotopic (exact) mass is 514 g/mol. The van der Waals surface area contributed by atoms with E-state index in [2.05, 4.69) is 15.4 Å². The molecule has 1 fully saturated rings. The number of aromatic nitrogens is 5. The molecule has 0 amide bonds. The maximum atomic E-state index is 13.6. The van der Waals surface area contributed by atoms with Crippen LogP contribution < -0.4 is 5.32 Å². The maximum absolute atomic E-state index is 13.6. The Bertz CT molecular complexity index is 1620. The van der Waals surface area contributed by atoms with Crippen LogP contribution in [0.15, 0.2) is 67.1 Å². The average Bonchev–Trinajstić information content (AvgIpc) is 3.44. The number of anilines is 1. The van der Waals surface area contributed by atoms with Gasteiger partial charge in [0.05, 0.1) is 34.8 Å². The van der Waals surface area contributed by atoms with Crippen LogP contribution >= 0.6 is 11.6 Å². The van der Waals surface area contributed by atoms with E-state index in [0.717, 1.165) is 35.4 Å². The van der Waals surface area contributed by atoms with E-state index >= 15 is 0 Å². The summed E-state index contributed by atoms with van der Waals surface area (Å²) in [6.07, 6.45) is 8.16. The third-order valence-electron chi connectivity index (χ3n) is 6.73. The minimum Gasteiger partial charge on any atom is -0.361 e. The lowest BCUT2D eigenvalue weighted by Crippen LogP contribution is -2.08. The van der Waals surface area contributed by atoms with Crippen molar-refractivity contribution in [2.24, 2.45) is 13.0 Å². The Morgan fingerprint density at radius 2 is 1.92 bits per heavy atom. The number of nitrogens with one attached hydrogen (secondary N) is 1. The van der Waals surface area contributed by atoms with Crippen molar-refractivity contribution < 1.29 is 9.18 Å². The summed E-state index contributed by atoms with van der Waals surface area (Å²) in [5, 5.41) is 8.03. The summed E-state index contributed by atoms with van der Waals surface area (Å²) in [5.74, 6) is 0.851. The molecule has 0 radical (unpaired) electrons. The second-order valence-corrected chi connectivity index (χ2v) is 9.79. The lowest BCUT2D eigenvalue weighted by atomic mass is 10.0. The first-order chi connectivity index (χ1) is 18.0. The minimum absolute atomic E-state index is 0.0849. The van der Waals surface area contributed by atoms with Crippen molar-refractivity contribution in [1.29, 1.82) is 0 Å². The number of nitrogens with zero attached hydrogens (tertiary/aromatic N) is 5. The predicted octanol–water partition coefficient (Wildman–Crippen LogP) is 6.18. The molecule has 9 heteroatoms. The Kier molecular flexibility index (Phi) is 5.96. The van der Waals surface area contributed by atoms with Crippen LogP contribution in [0.1, 0.15) is 35.3 Å². The number of ketones is 1. The highest BCUT2D eigenvalue weighted by Crippen LogP contribution is 2.35. The van der Waals surface area contributed by atoms with Crippen LogP contribution in [0.25, 0.3) is 28.2 Å². The molecule has 5 aromatic rings. The number of Topliss-reactive ketones (excluding diaryl/α,β-unsaturated/α-hetero) is 1. The summed E-state index contributed by atoms with van der Waals surface area (Å²) in [6.45, 7) is 0.498. The Morgan fingerprint density at radius 3 is 2.62 bits per heavy atom. The SMILES string of the molecule is Cn1nccc1CNc1nc(-c2ccc(F)cc2)cn2c(-c3ccc(C(=O)CC4CC4)c(Cl)c3)cnc12. The van der Waals surface area contributed by atoms with Gasteiger partial charge in [0.25, 0.3) is 0 Å². The van der Waals surface area contributed by atoms with E-state index in [1.807, 2.05) is 35.8 Å². The molecule has 6 rings (SSSR count). The molecule has 0 unspecified atom stereocenters. The summed E-state index contributed by atoms with van der Waals surface area (Å²) >= 11 is 6.57. The normalized spacial score (nSPS) is 13.3. The third-order valence-corrected chi connectivity index (χ3v) is 7.04. The van der Waals surface area contributed by atoms with E-state index in [1.165, 1.54) is 12.1 Å². The van der Waals surface area contributed by atoms with Gasteiger partial charge in [-0.2, -0.15) is 5.10 Å². The number of carbonyl (C=O) groups is 1. The van der Waals surface area contributed by atoms with E-state index in [9.17, 15) is 9.18 Å². The van der Waals surface area contributed by atoms with Gasteiger partial charge >= 0.3 is 0 Å². The standard InChI is InChI=1S/C28H24ClFN6O/c1-35-21(10-11-33-35)14-31-27-28-32-15-25(36(28)16-24(34-27)18-4-7-20(30)8-5-18)19-6-9-22(23(29)13-19)26(37)12-17-2-3-17/h4-11,13,15-17H,2-3,12,14H2,1H3,(H,31,34). The fraction of sp³-hybridized carbons (Fsp3) is 0.214. The number of rotatable bonds is 8. The predicted molar refractivity (Wildman–Crippen MR) is 141 cm³/mol. The van der Waals surface area contributed by atoms with Gasteiger partial charge in [0.15, 0.2) is 17.2 Å². The van der Waals surface area contributed by atoms with Crippen LogP contribution in [0, 0.1) is 11.7 Å². The van der Waals surface area contributed by atoms with Gasteiger partial charge in [-0.15, -0.1) is 0 Å². The summed E-state index contributed by atoms with van der Waals surface area (Å²) in [4.78, 5) is 22.1. The fourth-order valence-corrected chi connectivity index (χ4v) is 4.71. The highest BCUT2D eigenvalue weighted by Gasteiger charge is 2.26. The van der Waals surface area contributed by atoms with Crippen LogP contribution in [0.3, 0.4) is 0 Å². The number of carbonyl (C=O) groups excluding carboxylic acids is 1. The molecule has 0 atom stereocenters. The van der Waals surface area contributed by atoms with Gasteiger partial charge in [-0.1, -0.05) is 17.7 Å². The molecule has 0 aliphatic heterocycles. The minimum atomic E-state index is -0.311. The Balaban J connectivity index is 1.41. The van der Waals surface area contributed by atoms with Gasteiger partial charge < -0.3 is 5.32 Å². The molecule has 3 heterocycles. The molecule has 0 spiro atoms. The van der Waals surface area contributed by atoms with Crippen molar-refractivity contribution in [2.75, 3.05) is 5.32 Å². The molecule has 3 aromatic heterocycles. The summed E-state index contributed by atoms with van der Waals surface area (Å²) in [7, 11) is 1.88. The van der Waals surface area contributed by atoms with E-state index in [-0.39, 0.29) is 11.6 Å². The smallest absolute Gasteiger partial charge is 0.180 e.